The Morgan fingerprint density at radius 1 is 0.657 bits per heavy atom. The van der Waals surface area contributed by atoms with Crippen molar-refractivity contribution in [2.75, 3.05) is 13.1 Å². The maximum absolute atomic E-state index is 11.5. The largest absolute Gasteiger partial charge is 0.352 e. The van der Waals surface area contributed by atoms with E-state index in [1.165, 1.54) is 0 Å². The van der Waals surface area contributed by atoms with Crippen molar-refractivity contribution >= 4 is 47.6 Å². The first kappa shape index (κ1) is 37.0. The molecule has 0 rings (SSSR count). The smallest absolute Gasteiger partial charge is 0.289 e. The van der Waals surface area contributed by atoms with Crippen molar-refractivity contribution in [2.45, 2.75) is 92.3 Å². The van der Waals surface area contributed by atoms with Crippen LogP contribution in [0.1, 0.15) is 74.1 Å². The maximum Gasteiger partial charge on any atom is 0.289 e. The number of Topliss-reactive ketones (excluding diaryl/α,β-unsaturated/α-hetero) is 2. The van der Waals surface area contributed by atoms with E-state index in [0.29, 0.717) is 12.8 Å². The predicted molar refractivity (Wildman–Crippen MR) is 137 cm³/mol. The van der Waals surface area contributed by atoms with Gasteiger partial charge in [0.15, 0.2) is 0 Å². The first-order valence-corrected chi connectivity index (χ1v) is 11.7. The van der Waals surface area contributed by atoms with Gasteiger partial charge in [0.05, 0.1) is 19.1 Å². The molecule has 0 saturated carbocycles. The second-order valence-electron chi connectivity index (χ2n) is 8.62. The monoisotopic (exact) mass is 521 g/mol. The van der Waals surface area contributed by atoms with Crippen LogP contribution in [-0.2, 0) is 28.8 Å². The molecule has 0 aliphatic heterocycles. The number of carbonyl (C=O) groups excluding carboxylic acids is 6. The van der Waals surface area contributed by atoms with Gasteiger partial charge in [0.25, 0.3) is 11.8 Å². The van der Waals surface area contributed by atoms with Crippen molar-refractivity contribution in [3.05, 3.63) is 0 Å². The minimum Gasteiger partial charge on any atom is -0.352 e. The van der Waals surface area contributed by atoms with E-state index in [-0.39, 0.29) is 55.3 Å². The molecule has 0 aliphatic carbocycles. The number of hydrogen-bond donors (Lipinski definition) is 5. The molecule has 0 aromatic heterocycles. The summed E-state index contributed by atoms with van der Waals surface area (Å²) in [6.07, 6.45) is 2.73. The van der Waals surface area contributed by atoms with E-state index in [1.54, 1.807) is 6.92 Å². The van der Waals surface area contributed by atoms with Crippen LogP contribution in [0.2, 0.25) is 0 Å². The van der Waals surface area contributed by atoms with Crippen LogP contribution in [0.3, 0.4) is 0 Å². The molecule has 2 atom stereocenters. The van der Waals surface area contributed by atoms with Gasteiger partial charge in [-0.25, -0.2) is 0 Å². The summed E-state index contributed by atoms with van der Waals surface area (Å²) in [5, 5.41) is 9.79. The molecule has 0 aromatic rings. The van der Waals surface area contributed by atoms with Gasteiger partial charge in [-0.2, -0.15) is 0 Å². The number of ketones is 2. The van der Waals surface area contributed by atoms with Crippen LogP contribution in [0, 0.1) is 5.92 Å². The Morgan fingerprint density at radius 2 is 1.03 bits per heavy atom. The van der Waals surface area contributed by atoms with Crippen LogP contribution in [-0.4, -0.2) is 66.4 Å². The second kappa shape index (κ2) is 20.8. The first-order chi connectivity index (χ1) is 15.8. The third-order valence-corrected chi connectivity index (χ3v) is 4.27. The molecule has 0 heterocycles. The van der Waals surface area contributed by atoms with Crippen molar-refractivity contribution < 1.29 is 28.8 Å². The van der Waals surface area contributed by atoms with Crippen LogP contribution in [0.15, 0.2) is 0 Å². The average Bonchev–Trinajstić information content (AvgIpc) is 2.74. The number of amides is 4. The Hall–Kier alpha value is -2.53. The fourth-order valence-electron chi connectivity index (χ4n) is 2.64. The highest BCUT2D eigenvalue weighted by atomic mass is 35.5. The van der Waals surface area contributed by atoms with Crippen molar-refractivity contribution in [2.24, 2.45) is 11.7 Å². The van der Waals surface area contributed by atoms with Gasteiger partial charge in [-0.05, 0) is 40.5 Å². The van der Waals surface area contributed by atoms with Crippen molar-refractivity contribution in [3.8, 4) is 0 Å². The zero-order chi connectivity index (χ0) is 26.8. The highest BCUT2D eigenvalue weighted by Gasteiger charge is 2.22. The third kappa shape index (κ3) is 19.5. The Kier molecular flexibility index (Phi) is 22.0. The zero-order valence-corrected chi connectivity index (χ0v) is 22.8. The van der Waals surface area contributed by atoms with E-state index in [0.717, 1.165) is 12.8 Å². The summed E-state index contributed by atoms with van der Waals surface area (Å²) in [5.41, 5.74) is 5.50. The van der Waals surface area contributed by atoms with E-state index in [4.69, 9.17) is 5.73 Å². The molecule has 6 N–H and O–H groups in total. The van der Waals surface area contributed by atoms with Crippen LogP contribution < -0.4 is 27.0 Å². The maximum atomic E-state index is 11.5. The average molecular weight is 522 g/mol. The molecule has 0 saturated heterocycles. The van der Waals surface area contributed by atoms with Crippen LogP contribution in [0.5, 0.6) is 0 Å². The molecular formula is C23H44ClN5O6. The van der Waals surface area contributed by atoms with E-state index in [1.807, 2.05) is 41.5 Å². The van der Waals surface area contributed by atoms with E-state index < -0.39 is 29.4 Å². The number of nitrogens with one attached hydrogen (secondary N) is 4. The lowest BCUT2D eigenvalue weighted by Crippen LogP contribution is -2.46. The number of nitrogens with two attached hydrogens (primary N) is 1. The fraction of sp³-hybridized carbons (Fsp3) is 0.739. The van der Waals surface area contributed by atoms with Gasteiger partial charge in [0.1, 0.15) is 0 Å². The second-order valence-corrected chi connectivity index (χ2v) is 8.62. The predicted octanol–water partition coefficient (Wildman–Crippen LogP) is 0.378. The minimum absolute atomic E-state index is 0. The lowest BCUT2D eigenvalue weighted by atomic mass is 10.0. The fourth-order valence-corrected chi connectivity index (χ4v) is 2.64. The molecule has 0 fully saturated rings. The van der Waals surface area contributed by atoms with E-state index in [9.17, 15) is 28.8 Å². The zero-order valence-electron chi connectivity index (χ0n) is 22.0. The highest BCUT2D eigenvalue weighted by molar-refractivity contribution is 6.38. The van der Waals surface area contributed by atoms with Crippen molar-refractivity contribution in [1.29, 1.82) is 0 Å². The summed E-state index contributed by atoms with van der Waals surface area (Å²) in [7, 11) is 0. The molecule has 0 radical (unpaired) electrons. The molecule has 2 unspecified atom stereocenters. The molecule has 35 heavy (non-hydrogen) atoms. The standard InChI is InChI=1S/C12H22N2O3.C11H21N3O3.ClH/c1-5-6-9(4)11(16)12(17)13-7-10(15)14-8(2)3;1-4-5-8(12)10(16)11(17)13-6-9(15)14-7(2)3;/h8-9H,5-7H2,1-4H3,(H,13,17)(H,14,15);7-8H,4-6,12H2,1-3H3,(H,13,17)(H,14,15);1H. The molecule has 11 nitrogen and oxygen atoms in total. The Morgan fingerprint density at radius 3 is 1.37 bits per heavy atom. The molecule has 4 amide bonds. The quantitative estimate of drug-likeness (QED) is 0.205. The van der Waals surface area contributed by atoms with Gasteiger partial charge in [0, 0.05) is 18.0 Å². The topological polar surface area (TPSA) is 177 Å². The molecule has 0 aliphatic rings. The highest BCUT2D eigenvalue weighted by Crippen LogP contribution is 2.05. The van der Waals surface area contributed by atoms with Gasteiger partial charge in [-0.15, -0.1) is 12.4 Å². The van der Waals surface area contributed by atoms with Crippen molar-refractivity contribution in [3.63, 3.8) is 0 Å². The summed E-state index contributed by atoms with van der Waals surface area (Å²) < 4.78 is 0. The Labute approximate surface area is 214 Å². The van der Waals surface area contributed by atoms with Crippen LogP contribution in [0.25, 0.3) is 0 Å². The lowest BCUT2D eigenvalue weighted by Gasteiger charge is -2.11. The van der Waals surface area contributed by atoms with Gasteiger partial charge < -0.3 is 27.0 Å². The number of halogens is 1. The van der Waals surface area contributed by atoms with Crippen LogP contribution >= 0.6 is 12.4 Å². The number of hydrogen-bond acceptors (Lipinski definition) is 7. The molecule has 204 valence electrons. The van der Waals surface area contributed by atoms with Gasteiger partial charge in [-0.3, -0.25) is 28.8 Å². The van der Waals surface area contributed by atoms with Gasteiger partial charge in [0.2, 0.25) is 23.4 Å². The molecular weight excluding hydrogens is 478 g/mol. The number of carbonyl (C=O) groups is 6. The summed E-state index contributed by atoms with van der Waals surface area (Å²) >= 11 is 0. The number of rotatable bonds is 14. The molecule has 12 heteroatoms. The van der Waals surface area contributed by atoms with E-state index >= 15 is 0 Å². The SMILES string of the molecule is CCCC(C)C(=O)C(=O)NCC(=O)NC(C)C.CCCC(N)C(=O)C(=O)NCC(=O)NC(C)C.Cl. The summed E-state index contributed by atoms with van der Waals surface area (Å²) in [6, 6.07) is -0.764. The summed E-state index contributed by atoms with van der Waals surface area (Å²) in [5.74, 6) is -3.51. The Bertz CT molecular complexity index is 642. The lowest BCUT2D eigenvalue weighted by molar-refractivity contribution is -0.140. The molecule has 0 bridgehead atoms. The minimum atomic E-state index is -0.801. The third-order valence-electron chi connectivity index (χ3n) is 4.27. The van der Waals surface area contributed by atoms with E-state index in [2.05, 4.69) is 21.3 Å². The molecule has 0 aromatic carbocycles. The first-order valence-electron chi connectivity index (χ1n) is 11.7. The van der Waals surface area contributed by atoms with Gasteiger partial charge in [-0.1, -0.05) is 33.6 Å². The van der Waals surface area contributed by atoms with Gasteiger partial charge >= 0.3 is 0 Å². The Balaban J connectivity index is -0.000000569. The normalized spacial score (nSPS) is 11.7. The summed E-state index contributed by atoms with van der Waals surface area (Å²) in [6.45, 7) is 12.5. The summed E-state index contributed by atoms with van der Waals surface area (Å²) in [4.78, 5) is 68.1. The molecule has 0 spiro atoms. The van der Waals surface area contributed by atoms with Crippen molar-refractivity contribution in [1.82, 2.24) is 21.3 Å². The van der Waals surface area contributed by atoms with Crippen LogP contribution in [0.4, 0.5) is 0 Å².